The van der Waals surface area contributed by atoms with Gasteiger partial charge < -0.3 is 0 Å². The average molecular weight is 550 g/mol. The maximum Gasteiger partial charge on any atom is 0.164 e. The first kappa shape index (κ1) is 25.1. The summed E-state index contributed by atoms with van der Waals surface area (Å²) in [5.74, 6) is 2.00. The summed E-state index contributed by atoms with van der Waals surface area (Å²) in [7, 11) is 0. The van der Waals surface area contributed by atoms with Crippen molar-refractivity contribution < 1.29 is 0 Å². The van der Waals surface area contributed by atoms with Gasteiger partial charge in [0.15, 0.2) is 17.5 Å². The van der Waals surface area contributed by atoms with E-state index in [2.05, 4.69) is 91.0 Å². The molecule has 0 saturated heterocycles. The summed E-state index contributed by atoms with van der Waals surface area (Å²) < 4.78 is 0. The Morgan fingerprint density at radius 2 is 0.791 bits per heavy atom. The van der Waals surface area contributed by atoms with Gasteiger partial charge in [0.2, 0.25) is 0 Å². The molecular formula is C40H27N3. The van der Waals surface area contributed by atoms with Crippen molar-refractivity contribution in [3.8, 4) is 67.5 Å². The minimum Gasteiger partial charge on any atom is -0.208 e. The van der Waals surface area contributed by atoms with Crippen LogP contribution in [0.3, 0.4) is 0 Å². The minimum atomic E-state index is 0.663. The van der Waals surface area contributed by atoms with E-state index in [1.54, 1.807) is 0 Å². The Bertz CT molecular complexity index is 2030. The molecule has 0 radical (unpaired) electrons. The number of aromatic nitrogens is 3. The lowest BCUT2D eigenvalue weighted by atomic mass is 9.96. The number of nitrogens with zero attached hydrogens (tertiary/aromatic N) is 3. The molecule has 43 heavy (non-hydrogen) atoms. The summed E-state index contributed by atoms with van der Waals surface area (Å²) in [4.78, 5) is 14.7. The van der Waals surface area contributed by atoms with Gasteiger partial charge in [-0.1, -0.05) is 140 Å². The van der Waals surface area contributed by atoms with Crippen molar-refractivity contribution in [3.63, 3.8) is 0 Å². The summed E-state index contributed by atoms with van der Waals surface area (Å²) in [5, 5.41) is 0. The summed E-state index contributed by atoms with van der Waals surface area (Å²) in [6.45, 7) is 0. The van der Waals surface area contributed by atoms with Crippen molar-refractivity contribution in [1.82, 2.24) is 15.0 Å². The highest BCUT2D eigenvalue weighted by molar-refractivity contribution is 5.84. The minimum absolute atomic E-state index is 0.663. The molecule has 0 atom stereocenters. The highest BCUT2D eigenvalue weighted by Crippen LogP contribution is 2.41. The van der Waals surface area contributed by atoms with Crippen molar-refractivity contribution >= 4 is 0 Å². The maximum absolute atomic E-state index is 4.93. The molecule has 3 heteroatoms. The van der Waals surface area contributed by atoms with Gasteiger partial charge in [0, 0.05) is 16.7 Å². The van der Waals surface area contributed by atoms with Crippen molar-refractivity contribution in [2.24, 2.45) is 0 Å². The Balaban J connectivity index is 1.17. The van der Waals surface area contributed by atoms with Crippen molar-refractivity contribution in [2.75, 3.05) is 0 Å². The zero-order valence-electron chi connectivity index (χ0n) is 23.5. The predicted octanol–water partition coefficient (Wildman–Crippen LogP) is 9.78. The van der Waals surface area contributed by atoms with Crippen molar-refractivity contribution in [2.45, 2.75) is 6.42 Å². The molecule has 7 aromatic rings. The fourth-order valence-electron chi connectivity index (χ4n) is 5.95. The highest BCUT2D eigenvalue weighted by atomic mass is 15.0. The van der Waals surface area contributed by atoms with Gasteiger partial charge in [-0.3, -0.25) is 0 Å². The molecule has 8 rings (SSSR count). The van der Waals surface area contributed by atoms with Crippen molar-refractivity contribution in [3.05, 3.63) is 163 Å². The third-order valence-electron chi connectivity index (χ3n) is 8.15. The van der Waals surface area contributed by atoms with Crippen LogP contribution < -0.4 is 0 Å². The van der Waals surface area contributed by atoms with Gasteiger partial charge in [0.05, 0.1) is 0 Å². The van der Waals surface area contributed by atoms with E-state index in [1.807, 2.05) is 60.7 Å². The molecule has 202 valence electrons. The third-order valence-corrected chi connectivity index (χ3v) is 8.15. The maximum atomic E-state index is 4.93. The lowest BCUT2D eigenvalue weighted by molar-refractivity contribution is 1.07. The number of hydrogen-bond acceptors (Lipinski definition) is 3. The molecule has 1 aromatic heterocycles. The number of rotatable bonds is 5. The summed E-state index contributed by atoms with van der Waals surface area (Å²) >= 11 is 0. The normalized spacial score (nSPS) is 11.6. The summed E-state index contributed by atoms with van der Waals surface area (Å²) in [6, 6.07) is 53.1. The monoisotopic (exact) mass is 549 g/mol. The van der Waals surface area contributed by atoms with Crippen LogP contribution in [0.25, 0.3) is 67.5 Å². The van der Waals surface area contributed by atoms with E-state index in [-0.39, 0.29) is 0 Å². The van der Waals surface area contributed by atoms with Crippen LogP contribution in [0.4, 0.5) is 0 Å². The SMILES string of the molecule is c1ccc(-c2ccc3c(c2)-c2ccc(-c4cccc(-c5nc(-c6ccccc6)nc(-c6ccccc6)n5)c4)cc2C3)cc1. The number of benzene rings is 6. The van der Waals surface area contributed by atoms with E-state index in [0.717, 1.165) is 28.7 Å². The predicted molar refractivity (Wildman–Crippen MR) is 175 cm³/mol. The van der Waals surface area contributed by atoms with Gasteiger partial charge in [-0.25, -0.2) is 15.0 Å². The summed E-state index contributed by atoms with van der Waals surface area (Å²) in [5.41, 5.74) is 13.1. The molecule has 0 bridgehead atoms. The fraction of sp³-hybridized carbons (Fsp3) is 0.0250. The molecule has 1 heterocycles. The Morgan fingerprint density at radius 3 is 1.44 bits per heavy atom. The fourth-order valence-corrected chi connectivity index (χ4v) is 5.95. The molecule has 1 aliphatic rings. The van der Waals surface area contributed by atoms with Crippen LogP contribution in [0.15, 0.2) is 152 Å². The van der Waals surface area contributed by atoms with Gasteiger partial charge in [0.25, 0.3) is 0 Å². The zero-order valence-corrected chi connectivity index (χ0v) is 23.5. The molecule has 0 unspecified atom stereocenters. The van der Waals surface area contributed by atoms with E-state index >= 15 is 0 Å². The lowest BCUT2D eigenvalue weighted by Crippen LogP contribution is -2.00. The quantitative estimate of drug-likeness (QED) is 0.214. The molecule has 1 aliphatic carbocycles. The van der Waals surface area contributed by atoms with E-state index < -0.39 is 0 Å². The van der Waals surface area contributed by atoms with Crippen molar-refractivity contribution in [1.29, 1.82) is 0 Å². The van der Waals surface area contributed by atoms with Gasteiger partial charge >= 0.3 is 0 Å². The van der Waals surface area contributed by atoms with Gasteiger partial charge in [0.1, 0.15) is 0 Å². The second-order valence-corrected chi connectivity index (χ2v) is 10.9. The number of fused-ring (bicyclic) bond motifs is 3. The molecule has 0 amide bonds. The van der Waals surface area contributed by atoms with Crippen LogP contribution in [-0.2, 0) is 6.42 Å². The Labute approximate surface area is 251 Å². The average Bonchev–Trinajstić information content (AvgIpc) is 3.46. The van der Waals surface area contributed by atoms with Crippen LogP contribution in [0.1, 0.15) is 11.1 Å². The van der Waals surface area contributed by atoms with Crippen LogP contribution in [0.2, 0.25) is 0 Å². The molecule has 0 spiro atoms. The van der Waals surface area contributed by atoms with E-state index in [0.29, 0.717) is 17.5 Å². The Hall–Kier alpha value is -5.67. The molecule has 0 saturated carbocycles. The first-order valence-corrected chi connectivity index (χ1v) is 14.6. The summed E-state index contributed by atoms with van der Waals surface area (Å²) in [6.07, 6.45) is 0.946. The first-order valence-electron chi connectivity index (χ1n) is 14.6. The molecule has 0 fully saturated rings. The molecule has 0 aliphatic heterocycles. The topological polar surface area (TPSA) is 38.7 Å². The van der Waals surface area contributed by atoms with Crippen LogP contribution in [0, 0.1) is 0 Å². The van der Waals surface area contributed by atoms with E-state index in [9.17, 15) is 0 Å². The Kier molecular flexibility index (Phi) is 6.20. The molecular weight excluding hydrogens is 522 g/mol. The standard InChI is InChI=1S/C40H27N3/c1-4-11-27(12-5-1)32-19-20-33-25-35-24-31(21-22-36(35)37(33)26-32)30-17-10-18-34(23-30)40-42-38(28-13-6-2-7-14-28)41-39(43-40)29-15-8-3-9-16-29/h1-24,26H,25H2. The molecule has 0 N–H and O–H groups in total. The van der Waals surface area contributed by atoms with E-state index in [4.69, 9.17) is 15.0 Å². The number of hydrogen-bond donors (Lipinski definition) is 0. The van der Waals surface area contributed by atoms with Gasteiger partial charge in [-0.15, -0.1) is 0 Å². The van der Waals surface area contributed by atoms with Crippen LogP contribution in [-0.4, -0.2) is 15.0 Å². The van der Waals surface area contributed by atoms with Gasteiger partial charge in [-0.05, 0) is 63.1 Å². The lowest BCUT2D eigenvalue weighted by Gasteiger charge is -2.10. The second-order valence-electron chi connectivity index (χ2n) is 10.9. The second kappa shape index (κ2) is 10.6. The molecule has 6 aromatic carbocycles. The smallest absolute Gasteiger partial charge is 0.164 e. The Morgan fingerprint density at radius 1 is 0.302 bits per heavy atom. The van der Waals surface area contributed by atoms with E-state index in [1.165, 1.54) is 38.9 Å². The molecule has 3 nitrogen and oxygen atoms in total. The highest BCUT2D eigenvalue weighted by Gasteiger charge is 2.20. The first-order chi connectivity index (χ1) is 21.3. The van der Waals surface area contributed by atoms with Crippen LogP contribution >= 0.6 is 0 Å². The third kappa shape index (κ3) is 4.81. The largest absolute Gasteiger partial charge is 0.208 e. The van der Waals surface area contributed by atoms with Crippen LogP contribution in [0.5, 0.6) is 0 Å². The van der Waals surface area contributed by atoms with Gasteiger partial charge in [-0.2, -0.15) is 0 Å². The zero-order chi connectivity index (χ0) is 28.6.